The monoisotopic (exact) mass is 267 g/mol. The summed E-state index contributed by atoms with van der Waals surface area (Å²) in [5.74, 6) is 2.86. The number of hydrogen-bond donors (Lipinski definition) is 2. The Hall–Kier alpha value is -0.160. The first-order valence-corrected chi connectivity index (χ1v) is 7.82. The van der Waals surface area contributed by atoms with Gasteiger partial charge in [-0.2, -0.15) is 0 Å². The number of hydrogen-bond acceptors (Lipinski definition) is 4. The summed E-state index contributed by atoms with van der Waals surface area (Å²) in [6, 6.07) is 0. The van der Waals surface area contributed by atoms with Crippen LogP contribution in [-0.2, 0) is 0 Å². The maximum atomic E-state index is 9.86. The van der Waals surface area contributed by atoms with Crippen LogP contribution in [0, 0.1) is 23.2 Å². The van der Waals surface area contributed by atoms with E-state index in [9.17, 15) is 5.11 Å². The molecule has 3 rings (SSSR count). The zero-order valence-corrected chi connectivity index (χ0v) is 12.4. The van der Waals surface area contributed by atoms with Gasteiger partial charge in [0, 0.05) is 25.0 Å². The second-order valence-corrected chi connectivity index (χ2v) is 7.38. The van der Waals surface area contributed by atoms with Crippen molar-refractivity contribution in [3.05, 3.63) is 0 Å². The van der Waals surface area contributed by atoms with Crippen molar-refractivity contribution in [3.63, 3.8) is 0 Å². The van der Waals surface area contributed by atoms with E-state index in [-0.39, 0.29) is 5.41 Å². The normalized spacial score (nSPS) is 42.6. The van der Waals surface area contributed by atoms with Crippen LogP contribution in [0.5, 0.6) is 0 Å². The molecule has 0 bridgehead atoms. The molecule has 2 unspecified atom stereocenters. The summed E-state index contributed by atoms with van der Waals surface area (Å²) in [5.41, 5.74) is 0.115. The van der Waals surface area contributed by atoms with Crippen molar-refractivity contribution in [2.45, 2.75) is 12.8 Å². The molecular weight excluding hydrogens is 238 g/mol. The molecule has 2 aliphatic heterocycles. The lowest BCUT2D eigenvalue weighted by atomic mass is 9.80. The van der Waals surface area contributed by atoms with Crippen LogP contribution in [0.25, 0.3) is 0 Å². The Balaban J connectivity index is 1.55. The largest absolute Gasteiger partial charge is 0.396 e. The highest BCUT2D eigenvalue weighted by Gasteiger charge is 2.53. The van der Waals surface area contributed by atoms with Gasteiger partial charge in [0.15, 0.2) is 0 Å². The van der Waals surface area contributed by atoms with Crippen molar-refractivity contribution in [1.29, 1.82) is 0 Å². The Bertz CT molecular complexity index is 313. The van der Waals surface area contributed by atoms with Crippen molar-refractivity contribution in [3.8, 4) is 0 Å². The second kappa shape index (κ2) is 5.32. The third-order valence-electron chi connectivity index (χ3n) is 5.47. The summed E-state index contributed by atoms with van der Waals surface area (Å²) in [6.45, 7) is 7.42. The van der Waals surface area contributed by atoms with Crippen molar-refractivity contribution < 1.29 is 5.11 Å². The first-order chi connectivity index (χ1) is 9.13. The molecule has 4 nitrogen and oxygen atoms in total. The topological polar surface area (TPSA) is 38.7 Å². The van der Waals surface area contributed by atoms with Crippen molar-refractivity contribution in [1.82, 2.24) is 15.1 Å². The van der Waals surface area contributed by atoms with Gasteiger partial charge in [-0.3, -0.25) is 0 Å². The first-order valence-electron chi connectivity index (χ1n) is 7.82. The molecule has 0 amide bonds. The Morgan fingerprint density at radius 2 is 2.05 bits per heavy atom. The molecule has 0 aromatic rings. The van der Waals surface area contributed by atoms with E-state index in [0.717, 1.165) is 30.8 Å². The summed E-state index contributed by atoms with van der Waals surface area (Å²) >= 11 is 0. The molecule has 3 aliphatic rings. The van der Waals surface area contributed by atoms with Gasteiger partial charge in [0.25, 0.3) is 0 Å². The quantitative estimate of drug-likeness (QED) is 0.740. The van der Waals surface area contributed by atoms with Gasteiger partial charge < -0.3 is 20.2 Å². The van der Waals surface area contributed by atoms with E-state index in [1.807, 2.05) is 0 Å². The second-order valence-electron chi connectivity index (χ2n) is 7.38. The van der Waals surface area contributed by atoms with E-state index in [1.165, 1.54) is 39.0 Å². The minimum Gasteiger partial charge on any atom is -0.396 e. The lowest BCUT2D eigenvalue weighted by molar-refractivity contribution is 0.0109. The molecule has 0 aromatic heterocycles. The molecule has 2 saturated heterocycles. The molecule has 2 N–H and O–H groups in total. The molecule has 1 aliphatic carbocycles. The maximum absolute atomic E-state index is 9.86. The van der Waals surface area contributed by atoms with Gasteiger partial charge in [0.1, 0.15) is 0 Å². The predicted octanol–water partition coefficient (Wildman–Crippen LogP) is 0.0879. The molecule has 0 radical (unpaired) electrons. The van der Waals surface area contributed by atoms with Crippen LogP contribution in [0.1, 0.15) is 12.8 Å². The highest BCUT2D eigenvalue weighted by atomic mass is 16.3. The van der Waals surface area contributed by atoms with Crippen molar-refractivity contribution in [2.75, 3.05) is 60.0 Å². The third kappa shape index (κ3) is 2.82. The van der Waals surface area contributed by atoms with Gasteiger partial charge in [-0.05, 0) is 64.3 Å². The molecule has 3 fully saturated rings. The predicted molar refractivity (Wildman–Crippen MR) is 77.1 cm³/mol. The number of aliphatic hydroxyl groups excluding tert-OH is 1. The van der Waals surface area contributed by atoms with Crippen LogP contribution in [0.15, 0.2) is 0 Å². The number of nitrogens with one attached hydrogen (secondary N) is 1. The Morgan fingerprint density at radius 3 is 2.68 bits per heavy atom. The van der Waals surface area contributed by atoms with Crippen molar-refractivity contribution in [2.24, 2.45) is 23.2 Å². The fourth-order valence-corrected chi connectivity index (χ4v) is 4.56. The molecular formula is C15H29N3O. The van der Waals surface area contributed by atoms with Crippen molar-refractivity contribution >= 4 is 0 Å². The minimum absolute atomic E-state index is 0.115. The van der Waals surface area contributed by atoms with Gasteiger partial charge >= 0.3 is 0 Å². The van der Waals surface area contributed by atoms with E-state index in [4.69, 9.17) is 0 Å². The number of piperidine rings is 2. The average Bonchev–Trinajstić information content (AvgIpc) is 2.83. The molecule has 1 saturated carbocycles. The fraction of sp³-hybridized carbons (Fsp3) is 1.00. The SMILES string of the molecule is CN(C)CC1(CO)CCCN(CC2[C@H]3CNC[C@@H]23)C1. The van der Waals surface area contributed by atoms with E-state index < -0.39 is 0 Å². The highest BCUT2D eigenvalue weighted by Crippen LogP contribution is 2.49. The van der Waals surface area contributed by atoms with Gasteiger partial charge in [-0.1, -0.05) is 0 Å². The van der Waals surface area contributed by atoms with Gasteiger partial charge in [-0.15, -0.1) is 0 Å². The lowest BCUT2D eigenvalue weighted by Crippen LogP contribution is -2.50. The summed E-state index contributed by atoms with van der Waals surface area (Å²) < 4.78 is 0. The van der Waals surface area contributed by atoms with E-state index in [0.29, 0.717) is 6.61 Å². The number of rotatable bonds is 5. The Kier molecular flexibility index (Phi) is 3.87. The minimum atomic E-state index is 0.115. The first kappa shape index (κ1) is 13.8. The molecule has 0 spiro atoms. The number of likely N-dealkylation sites (tertiary alicyclic amines) is 1. The number of fused-ring (bicyclic) bond motifs is 1. The van der Waals surface area contributed by atoms with E-state index in [1.54, 1.807) is 0 Å². The number of nitrogens with zero attached hydrogens (tertiary/aromatic N) is 2. The Morgan fingerprint density at radius 1 is 1.32 bits per heavy atom. The van der Waals surface area contributed by atoms with Gasteiger partial charge in [-0.25, -0.2) is 0 Å². The molecule has 4 heteroatoms. The van der Waals surface area contributed by atoms with Crippen LogP contribution >= 0.6 is 0 Å². The average molecular weight is 267 g/mol. The number of aliphatic hydroxyl groups is 1. The molecule has 110 valence electrons. The van der Waals surface area contributed by atoms with Crippen LogP contribution in [0.4, 0.5) is 0 Å². The summed E-state index contributed by atoms with van der Waals surface area (Å²) in [7, 11) is 4.24. The standard InChI is InChI=1S/C15H29N3O/c1-17(2)9-15(11-19)4-3-5-18(10-15)8-14-12-6-16-7-13(12)14/h12-14,16,19H,3-11H2,1-2H3/t12-,13+,14?,15?. The van der Waals surface area contributed by atoms with E-state index >= 15 is 0 Å². The highest BCUT2D eigenvalue weighted by molar-refractivity contribution is 5.05. The lowest BCUT2D eigenvalue weighted by Gasteiger charge is -2.43. The third-order valence-corrected chi connectivity index (χ3v) is 5.47. The summed E-state index contributed by atoms with van der Waals surface area (Å²) in [6.07, 6.45) is 2.42. The van der Waals surface area contributed by atoms with Crippen LogP contribution in [0.2, 0.25) is 0 Å². The molecule has 2 heterocycles. The molecule has 0 aromatic carbocycles. The maximum Gasteiger partial charge on any atom is 0.0512 e. The summed E-state index contributed by atoms with van der Waals surface area (Å²) in [4.78, 5) is 4.86. The van der Waals surface area contributed by atoms with Crippen LogP contribution in [-0.4, -0.2) is 74.9 Å². The van der Waals surface area contributed by atoms with E-state index in [2.05, 4.69) is 29.2 Å². The zero-order valence-electron chi connectivity index (χ0n) is 12.4. The molecule has 19 heavy (non-hydrogen) atoms. The van der Waals surface area contributed by atoms with Gasteiger partial charge in [0.2, 0.25) is 0 Å². The zero-order chi connectivity index (χ0) is 13.5. The molecule has 4 atom stereocenters. The Labute approximate surface area is 117 Å². The summed E-state index contributed by atoms with van der Waals surface area (Å²) in [5, 5.41) is 13.3. The fourth-order valence-electron chi connectivity index (χ4n) is 4.56. The van der Waals surface area contributed by atoms with Gasteiger partial charge in [0.05, 0.1) is 6.61 Å². The van der Waals surface area contributed by atoms with Crippen LogP contribution in [0.3, 0.4) is 0 Å². The van der Waals surface area contributed by atoms with Crippen LogP contribution < -0.4 is 5.32 Å². The smallest absolute Gasteiger partial charge is 0.0512 e.